The van der Waals surface area contributed by atoms with Crippen LogP contribution in [0.2, 0.25) is 0 Å². The van der Waals surface area contributed by atoms with Gasteiger partial charge in [-0.05, 0) is 18.9 Å². The molecule has 0 aliphatic rings. The van der Waals surface area contributed by atoms with E-state index in [1.807, 2.05) is 6.07 Å². The largest absolute Gasteiger partial charge is 0.472 e. The molecule has 1 aromatic heterocycles. The number of unbranched alkanes of at least 4 members (excludes halogenated alkanes) is 7. The molecule has 0 aliphatic heterocycles. The van der Waals surface area contributed by atoms with E-state index in [2.05, 4.69) is 19.1 Å². The molecule has 0 radical (unpaired) electrons. The van der Waals surface area contributed by atoms with Crippen LogP contribution >= 0.6 is 0 Å². The molecular formula is C15H24O. The van der Waals surface area contributed by atoms with Crippen molar-refractivity contribution in [2.24, 2.45) is 0 Å². The number of allylic oxidation sites excluding steroid dienone is 1. The molecule has 0 fully saturated rings. The van der Waals surface area contributed by atoms with E-state index in [0.29, 0.717) is 0 Å². The predicted molar refractivity (Wildman–Crippen MR) is 70.4 cm³/mol. The fourth-order valence-electron chi connectivity index (χ4n) is 1.81. The number of furan rings is 1. The first-order valence-electron chi connectivity index (χ1n) is 6.62. The van der Waals surface area contributed by atoms with Gasteiger partial charge in [0.1, 0.15) is 0 Å². The third kappa shape index (κ3) is 6.49. The van der Waals surface area contributed by atoms with Crippen molar-refractivity contribution in [1.29, 1.82) is 0 Å². The first-order chi connectivity index (χ1) is 7.93. The van der Waals surface area contributed by atoms with E-state index in [0.717, 1.165) is 0 Å². The Hall–Kier alpha value is -0.980. The van der Waals surface area contributed by atoms with Crippen molar-refractivity contribution in [2.45, 2.75) is 58.3 Å². The number of hydrogen-bond donors (Lipinski definition) is 0. The summed E-state index contributed by atoms with van der Waals surface area (Å²) in [5, 5.41) is 0. The molecule has 0 bridgehead atoms. The van der Waals surface area contributed by atoms with E-state index >= 15 is 0 Å². The summed E-state index contributed by atoms with van der Waals surface area (Å²) in [4.78, 5) is 0. The van der Waals surface area contributed by atoms with Crippen LogP contribution in [0.4, 0.5) is 0 Å². The van der Waals surface area contributed by atoms with Gasteiger partial charge in [-0.1, -0.05) is 57.6 Å². The molecule has 1 aromatic rings. The first-order valence-corrected chi connectivity index (χ1v) is 6.62. The summed E-state index contributed by atoms with van der Waals surface area (Å²) >= 11 is 0. The van der Waals surface area contributed by atoms with Crippen molar-refractivity contribution in [3.63, 3.8) is 0 Å². The Morgan fingerprint density at radius 1 is 1.06 bits per heavy atom. The summed E-state index contributed by atoms with van der Waals surface area (Å²) in [6, 6.07) is 1.99. The van der Waals surface area contributed by atoms with Crippen LogP contribution in [0.15, 0.2) is 29.1 Å². The van der Waals surface area contributed by atoms with Crippen LogP contribution in [-0.4, -0.2) is 0 Å². The second-order valence-corrected chi connectivity index (χ2v) is 4.37. The first kappa shape index (κ1) is 13.1. The lowest BCUT2D eigenvalue weighted by Gasteiger charge is -1.98. The normalized spacial score (nSPS) is 11.3. The van der Waals surface area contributed by atoms with E-state index < -0.39 is 0 Å². The maximum Gasteiger partial charge on any atom is 0.0974 e. The molecule has 1 rings (SSSR count). The highest BCUT2D eigenvalue weighted by Gasteiger charge is 1.90. The molecule has 90 valence electrons. The maximum absolute atomic E-state index is 5.00. The lowest BCUT2D eigenvalue weighted by Crippen LogP contribution is -1.78. The van der Waals surface area contributed by atoms with Gasteiger partial charge in [0, 0.05) is 5.56 Å². The van der Waals surface area contributed by atoms with E-state index in [9.17, 15) is 0 Å². The lowest BCUT2D eigenvalue weighted by atomic mass is 10.1. The molecule has 0 atom stereocenters. The van der Waals surface area contributed by atoms with Crippen molar-refractivity contribution in [3.8, 4) is 0 Å². The van der Waals surface area contributed by atoms with Gasteiger partial charge in [-0.15, -0.1) is 0 Å². The zero-order valence-electron chi connectivity index (χ0n) is 10.5. The second kappa shape index (κ2) is 9.26. The molecule has 0 spiro atoms. The van der Waals surface area contributed by atoms with Gasteiger partial charge < -0.3 is 4.42 Å². The Balaban J connectivity index is 1.88. The second-order valence-electron chi connectivity index (χ2n) is 4.37. The van der Waals surface area contributed by atoms with Crippen molar-refractivity contribution in [2.75, 3.05) is 0 Å². The third-order valence-corrected chi connectivity index (χ3v) is 2.83. The standard InChI is InChI=1S/C15H24O/c1-2-3-4-5-6-7-8-9-10-11-15-12-13-16-14-15/h10-14H,2-9H2,1H3/b11-10-. The highest BCUT2D eigenvalue weighted by atomic mass is 16.3. The van der Waals surface area contributed by atoms with Crippen LogP contribution in [0.25, 0.3) is 6.08 Å². The fourth-order valence-corrected chi connectivity index (χ4v) is 1.81. The summed E-state index contributed by atoms with van der Waals surface area (Å²) in [5.41, 5.74) is 1.17. The molecule has 0 aliphatic carbocycles. The number of hydrogen-bond acceptors (Lipinski definition) is 1. The lowest BCUT2D eigenvalue weighted by molar-refractivity contribution is 0.567. The molecule has 1 nitrogen and oxygen atoms in total. The Kier molecular flexibility index (Phi) is 7.57. The van der Waals surface area contributed by atoms with Crippen molar-refractivity contribution < 1.29 is 4.42 Å². The molecule has 0 aromatic carbocycles. The topological polar surface area (TPSA) is 13.1 Å². The molecule has 0 unspecified atom stereocenters. The summed E-state index contributed by atoms with van der Waals surface area (Å²) in [5.74, 6) is 0. The Morgan fingerprint density at radius 3 is 2.50 bits per heavy atom. The van der Waals surface area contributed by atoms with Gasteiger partial charge in [-0.2, -0.15) is 0 Å². The van der Waals surface area contributed by atoms with Crippen molar-refractivity contribution >= 4 is 6.08 Å². The minimum Gasteiger partial charge on any atom is -0.472 e. The predicted octanol–water partition coefficient (Wildman–Crippen LogP) is 5.43. The fraction of sp³-hybridized carbons (Fsp3) is 0.600. The van der Waals surface area contributed by atoms with Gasteiger partial charge in [0.2, 0.25) is 0 Å². The number of rotatable bonds is 9. The van der Waals surface area contributed by atoms with Crippen LogP contribution in [0.1, 0.15) is 63.9 Å². The van der Waals surface area contributed by atoms with Gasteiger partial charge in [0.25, 0.3) is 0 Å². The van der Waals surface area contributed by atoms with Crippen molar-refractivity contribution in [1.82, 2.24) is 0 Å². The summed E-state index contributed by atoms with van der Waals surface area (Å²) in [6.07, 6.45) is 18.7. The van der Waals surface area contributed by atoms with Crippen LogP contribution in [0, 0.1) is 0 Å². The van der Waals surface area contributed by atoms with Crippen LogP contribution < -0.4 is 0 Å². The van der Waals surface area contributed by atoms with E-state index in [1.54, 1.807) is 12.5 Å². The molecule has 0 N–H and O–H groups in total. The van der Waals surface area contributed by atoms with Gasteiger partial charge in [0.05, 0.1) is 12.5 Å². The summed E-state index contributed by atoms with van der Waals surface area (Å²) in [7, 11) is 0. The van der Waals surface area contributed by atoms with Crippen LogP contribution in [0.5, 0.6) is 0 Å². The molecule has 0 amide bonds. The Labute approximate surface area is 99.6 Å². The Morgan fingerprint density at radius 2 is 1.81 bits per heavy atom. The third-order valence-electron chi connectivity index (χ3n) is 2.83. The smallest absolute Gasteiger partial charge is 0.0974 e. The SMILES string of the molecule is CCCCCCCCC/C=C\c1ccoc1. The molecular weight excluding hydrogens is 196 g/mol. The summed E-state index contributed by atoms with van der Waals surface area (Å²) in [6.45, 7) is 2.26. The zero-order chi connectivity index (χ0) is 11.5. The van der Waals surface area contributed by atoms with Gasteiger partial charge in [-0.3, -0.25) is 0 Å². The average molecular weight is 220 g/mol. The average Bonchev–Trinajstić information content (AvgIpc) is 2.80. The van der Waals surface area contributed by atoms with Crippen molar-refractivity contribution in [3.05, 3.63) is 30.2 Å². The maximum atomic E-state index is 5.00. The molecule has 16 heavy (non-hydrogen) atoms. The van der Waals surface area contributed by atoms with E-state index in [1.165, 1.54) is 56.9 Å². The van der Waals surface area contributed by atoms with E-state index in [-0.39, 0.29) is 0 Å². The molecule has 1 heteroatoms. The molecule has 0 saturated carbocycles. The van der Waals surface area contributed by atoms with Crippen LogP contribution in [-0.2, 0) is 0 Å². The quantitative estimate of drug-likeness (QED) is 0.505. The minimum atomic E-state index is 1.17. The van der Waals surface area contributed by atoms with Gasteiger partial charge in [0.15, 0.2) is 0 Å². The molecule has 0 saturated heterocycles. The van der Waals surface area contributed by atoms with E-state index in [4.69, 9.17) is 4.42 Å². The van der Waals surface area contributed by atoms with Crippen LogP contribution in [0.3, 0.4) is 0 Å². The molecule has 1 heterocycles. The highest BCUT2D eigenvalue weighted by molar-refractivity contribution is 5.46. The summed E-state index contributed by atoms with van der Waals surface area (Å²) < 4.78 is 5.00. The van der Waals surface area contributed by atoms with Gasteiger partial charge in [-0.25, -0.2) is 0 Å². The van der Waals surface area contributed by atoms with Gasteiger partial charge >= 0.3 is 0 Å². The zero-order valence-corrected chi connectivity index (χ0v) is 10.5. The minimum absolute atomic E-state index is 1.17. The Bertz CT molecular complexity index is 259. The monoisotopic (exact) mass is 220 g/mol. The highest BCUT2D eigenvalue weighted by Crippen LogP contribution is 2.09.